The molecule has 134 valence electrons. The first-order valence-corrected chi connectivity index (χ1v) is 8.49. The van der Waals surface area contributed by atoms with Crippen LogP contribution in [0.3, 0.4) is 0 Å². The highest BCUT2D eigenvalue weighted by Crippen LogP contribution is 2.22. The molecule has 0 atom stereocenters. The zero-order chi connectivity index (χ0) is 19.0. The summed E-state index contributed by atoms with van der Waals surface area (Å²) in [5.74, 6) is 0.826. The second kappa shape index (κ2) is 6.57. The summed E-state index contributed by atoms with van der Waals surface area (Å²) < 4.78 is 6.48. The second-order valence-corrected chi connectivity index (χ2v) is 6.38. The minimum atomic E-state index is -0.229. The third-order valence-electron chi connectivity index (χ3n) is 4.34. The SMILES string of the molecule is Cc1cccc(C(=O)Nc2cccc3c(=O)n(-c4cc(C)on4)ccc23)c1. The first-order chi connectivity index (χ1) is 13.0. The largest absolute Gasteiger partial charge is 0.360 e. The summed E-state index contributed by atoms with van der Waals surface area (Å²) in [5.41, 5.74) is 1.93. The van der Waals surface area contributed by atoms with Gasteiger partial charge in [-0.15, -0.1) is 0 Å². The lowest BCUT2D eigenvalue weighted by atomic mass is 10.1. The highest BCUT2D eigenvalue weighted by molar-refractivity contribution is 6.09. The fourth-order valence-electron chi connectivity index (χ4n) is 3.01. The third kappa shape index (κ3) is 3.13. The minimum absolute atomic E-state index is 0.220. The van der Waals surface area contributed by atoms with Crippen molar-refractivity contribution in [3.63, 3.8) is 0 Å². The van der Waals surface area contributed by atoms with Crippen LogP contribution in [0, 0.1) is 13.8 Å². The zero-order valence-corrected chi connectivity index (χ0v) is 14.9. The molecule has 0 spiro atoms. The number of carbonyl (C=O) groups is 1. The average Bonchev–Trinajstić information content (AvgIpc) is 3.08. The van der Waals surface area contributed by atoms with E-state index in [9.17, 15) is 9.59 Å². The maximum Gasteiger partial charge on any atom is 0.264 e. The Labute approximate surface area is 155 Å². The molecule has 0 saturated heterocycles. The Morgan fingerprint density at radius 1 is 1.04 bits per heavy atom. The molecular formula is C21H17N3O3. The predicted molar refractivity (Wildman–Crippen MR) is 103 cm³/mol. The Kier molecular flexibility index (Phi) is 4.08. The van der Waals surface area contributed by atoms with Crippen molar-refractivity contribution < 1.29 is 9.32 Å². The van der Waals surface area contributed by atoms with Crippen molar-refractivity contribution in [2.75, 3.05) is 5.32 Å². The number of hydrogen-bond donors (Lipinski definition) is 1. The van der Waals surface area contributed by atoms with Gasteiger partial charge in [0.25, 0.3) is 11.5 Å². The first-order valence-electron chi connectivity index (χ1n) is 8.49. The lowest BCUT2D eigenvalue weighted by molar-refractivity contribution is 0.102. The summed E-state index contributed by atoms with van der Waals surface area (Å²) in [6, 6.07) is 16.1. The molecular weight excluding hydrogens is 342 g/mol. The van der Waals surface area contributed by atoms with Crippen LogP contribution >= 0.6 is 0 Å². The summed E-state index contributed by atoms with van der Waals surface area (Å²) >= 11 is 0. The highest BCUT2D eigenvalue weighted by atomic mass is 16.5. The summed E-state index contributed by atoms with van der Waals surface area (Å²) in [4.78, 5) is 25.4. The number of carbonyl (C=O) groups excluding carboxylic acids is 1. The fourth-order valence-corrected chi connectivity index (χ4v) is 3.01. The van der Waals surface area contributed by atoms with Gasteiger partial charge in [-0.1, -0.05) is 28.9 Å². The van der Waals surface area contributed by atoms with Crippen LogP contribution in [0.25, 0.3) is 16.6 Å². The number of fused-ring (bicyclic) bond motifs is 1. The summed E-state index contributed by atoms with van der Waals surface area (Å²) in [6.07, 6.45) is 1.63. The van der Waals surface area contributed by atoms with Crippen molar-refractivity contribution in [2.45, 2.75) is 13.8 Å². The van der Waals surface area contributed by atoms with E-state index in [1.54, 1.807) is 49.5 Å². The molecule has 2 aromatic carbocycles. The molecule has 0 aliphatic carbocycles. The lowest BCUT2D eigenvalue weighted by Crippen LogP contribution is -2.19. The maximum absolute atomic E-state index is 12.9. The Hall–Kier alpha value is -3.67. The van der Waals surface area contributed by atoms with E-state index in [1.165, 1.54) is 4.57 Å². The van der Waals surface area contributed by atoms with Crippen molar-refractivity contribution in [3.05, 3.63) is 88.0 Å². The lowest BCUT2D eigenvalue weighted by Gasteiger charge is -2.10. The van der Waals surface area contributed by atoms with Crippen LogP contribution < -0.4 is 10.9 Å². The van der Waals surface area contributed by atoms with Gasteiger partial charge in [0.05, 0.1) is 0 Å². The molecule has 1 N–H and O–H groups in total. The highest BCUT2D eigenvalue weighted by Gasteiger charge is 2.12. The van der Waals surface area contributed by atoms with Gasteiger partial charge >= 0.3 is 0 Å². The topological polar surface area (TPSA) is 77.1 Å². The van der Waals surface area contributed by atoms with E-state index >= 15 is 0 Å². The van der Waals surface area contributed by atoms with E-state index in [-0.39, 0.29) is 11.5 Å². The average molecular weight is 359 g/mol. The molecule has 0 aliphatic heterocycles. The number of amides is 1. The first kappa shape index (κ1) is 16.8. The molecule has 6 nitrogen and oxygen atoms in total. The molecule has 0 fully saturated rings. The molecule has 0 bridgehead atoms. The molecule has 0 radical (unpaired) electrons. The normalized spacial score (nSPS) is 10.9. The van der Waals surface area contributed by atoms with E-state index in [0.29, 0.717) is 33.6 Å². The standard InChI is InChI=1S/C21H17N3O3/c1-13-5-3-6-15(11-13)20(25)22-18-8-4-7-17-16(18)9-10-24(21(17)26)19-12-14(2)27-23-19/h3-12H,1-2H3,(H,22,25). The van der Waals surface area contributed by atoms with Crippen LogP contribution in [-0.2, 0) is 0 Å². The van der Waals surface area contributed by atoms with E-state index in [2.05, 4.69) is 10.5 Å². The van der Waals surface area contributed by atoms with Gasteiger partial charge in [-0.3, -0.25) is 14.2 Å². The molecule has 27 heavy (non-hydrogen) atoms. The molecule has 2 aromatic heterocycles. The number of hydrogen-bond acceptors (Lipinski definition) is 4. The van der Waals surface area contributed by atoms with Crippen LogP contribution in [0.5, 0.6) is 0 Å². The van der Waals surface area contributed by atoms with Gasteiger partial charge in [0, 0.05) is 34.3 Å². The Morgan fingerprint density at radius 2 is 1.85 bits per heavy atom. The Bertz CT molecular complexity index is 1220. The van der Waals surface area contributed by atoms with Gasteiger partial charge in [-0.25, -0.2) is 0 Å². The number of aromatic nitrogens is 2. The van der Waals surface area contributed by atoms with E-state index in [4.69, 9.17) is 4.52 Å². The number of aryl methyl sites for hydroxylation is 2. The Morgan fingerprint density at radius 3 is 2.59 bits per heavy atom. The smallest absolute Gasteiger partial charge is 0.264 e. The fraction of sp³-hybridized carbons (Fsp3) is 0.0952. The van der Waals surface area contributed by atoms with E-state index in [0.717, 1.165) is 5.56 Å². The van der Waals surface area contributed by atoms with Crippen molar-refractivity contribution >= 4 is 22.4 Å². The van der Waals surface area contributed by atoms with Gasteiger partial charge in [0.1, 0.15) is 5.76 Å². The van der Waals surface area contributed by atoms with Crippen molar-refractivity contribution in [2.24, 2.45) is 0 Å². The minimum Gasteiger partial charge on any atom is -0.360 e. The maximum atomic E-state index is 12.9. The molecule has 6 heteroatoms. The van der Waals surface area contributed by atoms with Gasteiger partial charge in [0.2, 0.25) is 0 Å². The number of benzene rings is 2. The van der Waals surface area contributed by atoms with Crippen LogP contribution in [0.1, 0.15) is 21.7 Å². The molecule has 1 amide bonds. The number of nitrogens with zero attached hydrogens (tertiary/aromatic N) is 2. The van der Waals surface area contributed by atoms with Crippen LogP contribution in [0.4, 0.5) is 5.69 Å². The second-order valence-electron chi connectivity index (χ2n) is 6.38. The molecule has 0 aliphatic rings. The quantitative estimate of drug-likeness (QED) is 0.603. The summed E-state index contributed by atoms with van der Waals surface area (Å²) in [7, 11) is 0. The van der Waals surface area contributed by atoms with Crippen LogP contribution in [0.2, 0.25) is 0 Å². The van der Waals surface area contributed by atoms with Gasteiger partial charge < -0.3 is 9.84 Å². The summed E-state index contributed by atoms with van der Waals surface area (Å²) in [6.45, 7) is 3.70. The predicted octanol–water partition coefficient (Wildman–Crippen LogP) is 3.85. The van der Waals surface area contributed by atoms with Gasteiger partial charge in [0.15, 0.2) is 5.82 Å². The Balaban J connectivity index is 1.76. The van der Waals surface area contributed by atoms with Crippen LogP contribution in [-0.4, -0.2) is 15.6 Å². The monoisotopic (exact) mass is 359 g/mol. The summed E-state index contributed by atoms with van der Waals surface area (Å²) in [5, 5.41) is 7.94. The van der Waals surface area contributed by atoms with Gasteiger partial charge in [-0.2, -0.15) is 0 Å². The molecule has 4 aromatic rings. The zero-order valence-electron chi connectivity index (χ0n) is 14.9. The third-order valence-corrected chi connectivity index (χ3v) is 4.34. The molecule has 0 unspecified atom stereocenters. The van der Waals surface area contributed by atoms with Crippen molar-refractivity contribution in [1.82, 2.24) is 9.72 Å². The number of anilines is 1. The molecule has 2 heterocycles. The van der Waals surface area contributed by atoms with Gasteiger partial charge in [-0.05, 0) is 44.2 Å². The number of nitrogens with one attached hydrogen (secondary N) is 1. The van der Waals surface area contributed by atoms with Crippen LogP contribution in [0.15, 0.2) is 70.1 Å². The van der Waals surface area contributed by atoms with E-state index in [1.807, 2.05) is 25.1 Å². The number of pyridine rings is 1. The molecule has 4 rings (SSSR count). The molecule has 0 saturated carbocycles. The van der Waals surface area contributed by atoms with E-state index < -0.39 is 0 Å². The number of rotatable bonds is 3. The van der Waals surface area contributed by atoms with Crippen molar-refractivity contribution in [3.8, 4) is 5.82 Å². The van der Waals surface area contributed by atoms with Crippen molar-refractivity contribution in [1.29, 1.82) is 0 Å².